The lowest BCUT2D eigenvalue weighted by Gasteiger charge is -2.16. The minimum absolute atomic E-state index is 0.0714. The molecule has 0 saturated carbocycles. The van der Waals surface area contributed by atoms with Crippen LogP contribution < -0.4 is 16.1 Å². The van der Waals surface area contributed by atoms with Gasteiger partial charge in [0, 0.05) is 14.1 Å². The lowest BCUT2D eigenvalue weighted by atomic mass is 10.2. The smallest absolute Gasteiger partial charge is 0.334 e. The van der Waals surface area contributed by atoms with Gasteiger partial charge in [0.05, 0.1) is 5.69 Å². The van der Waals surface area contributed by atoms with Gasteiger partial charge in [-0.3, -0.25) is 14.6 Å². The van der Waals surface area contributed by atoms with E-state index in [-0.39, 0.29) is 11.4 Å². The molecule has 1 aromatic heterocycles. The number of nitrogens with zero attached hydrogens (tertiary/aromatic N) is 2. The summed E-state index contributed by atoms with van der Waals surface area (Å²) in [5.41, 5.74) is -0.0279. The maximum Gasteiger partial charge on any atom is 0.334 e. The van der Waals surface area contributed by atoms with Crippen molar-refractivity contribution < 1.29 is 4.79 Å². The van der Waals surface area contributed by atoms with Crippen LogP contribution >= 0.6 is 0 Å². The Morgan fingerprint density at radius 1 is 1.20 bits per heavy atom. The number of aldehydes is 1. The molecule has 104 valence electrons. The van der Waals surface area contributed by atoms with E-state index in [2.05, 4.69) is 4.98 Å². The standard InChI is InChI=1S/C14H15N3O3/c1-9-6-4-5-7-11(9)17-13(19)10(8-18)12(16(2)3)15-14(17)20/h4-8H,1-3H3,(H,15,20). The van der Waals surface area contributed by atoms with Crippen LogP contribution in [0, 0.1) is 6.92 Å². The fourth-order valence-corrected chi connectivity index (χ4v) is 2.03. The van der Waals surface area contributed by atoms with E-state index in [1.54, 1.807) is 39.2 Å². The number of rotatable bonds is 3. The summed E-state index contributed by atoms with van der Waals surface area (Å²) in [4.78, 5) is 39.8. The number of nitrogens with one attached hydrogen (secondary N) is 1. The molecule has 0 aliphatic carbocycles. The van der Waals surface area contributed by atoms with Crippen molar-refractivity contribution in [3.05, 3.63) is 56.2 Å². The van der Waals surface area contributed by atoms with Crippen LogP contribution in [0.25, 0.3) is 5.69 Å². The summed E-state index contributed by atoms with van der Waals surface area (Å²) in [6, 6.07) is 7.00. The zero-order chi connectivity index (χ0) is 14.9. The molecule has 0 unspecified atom stereocenters. The molecule has 0 fully saturated rings. The number of anilines is 1. The van der Waals surface area contributed by atoms with Gasteiger partial charge in [0.15, 0.2) is 6.29 Å². The molecule has 6 nitrogen and oxygen atoms in total. The summed E-state index contributed by atoms with van der Waals surface area (Å²) in [6.45, 7) is 1.79. The maximum absolute atomic E-state index is 12.4. The molecule has 0 aliphatic heterocycles. The molecular formula is C14H15N3O3. The summed E-state index contributed by atoms with van der Waals surface area (Å²) in [5.74, 6) is 0.208. The van der Waals surface area contributed by atoms with Gasteiger partial charge in [-0.15, -0.1) is 0 Å². The molecule has 6 heteroatoms. The van der Waals surface area contributed by atoms with Gasteiger partial charge < -0.3 is 4.90 Å². The summed E-state index contributed by atoms with van der Waals surface area (Å²) in [6.07, 6.45) is 0.461. The Hall–Kier alpha value is -2.63. The Morgan fingerprint density at radius 2 is 1.85 bits per heavy atom. The van der Waals surface area contributed by atoms with E-state index < -0.39 is 11.2 Å². The first-order valence-corrected chi connectivity index (χ1v) is 6.05. The number of hydrogen-bond acceptors (Lipinski definition) is 4. The highest BCUT2D eigenvalue weighted by Crippen LogP contribution is 2.11. The first kappa shape index (κ1) is 13.8. The molecule has 0 spiro atoms. The normalized spacial score (nSPS) is 10.3. The highest BCUT2D eigenvalue weighted by molar-refractivity contribution is 5.82. The van der Waals surface area contributed by atoms with Crippen LogP contribution in [0.4, 0.5) is 5.82 Å². The third-order valence-electron chi connectivity index (χ3n) is 3.04. The number of aromatic amines is 1. The maximum atomic E-state index is 12.4. The molecule has 0 aliphatic rings. The zero-order valence-electron chi connectivity index (χ0n) is 11.5. The van der Waals surface area contributed by atoms with Crippen LogP contribution in [0.15, 0.2) is 33.9 Å². The number of aromatic nitrogens is 2. The van der Waals surface area contributed by atoms with Crippen LogP contribution in [0.1, 0.15) is 15.9 Å². The van der Waals surface area contributed by atoms with Crippen LogP contribution in [-0.2, 0) is 0 Å². The topological polar surface area (TPSA) is 75.2 Å². The van der Waals surface area contributed by atoms with Crippen molar-refractivity contribution >= 4 is 12.1 Å². The molecule has 20 heavy (non-hydrogen) atoms. The van der Waals surface area contributed by atoms with E-state index in [1.807, 2.05) is 6.07 Å². The van der Waals surface area contributed by atoms with Gasteiger partial charge in [-0.1, -0.05) is 18.2 Å². The molecule has 0 atom stereocenters. The van der Waals surface area contributed by atoms with E-state index >= 15 is 0 Å². The van der Waals surface area contributed by atoms with Crippen molar-refractivity contribution in [1.29, 1.82) is 0 Å². The second kappa shape index (κ2) is 5.16. The van der Waals surface area contributed by atoms with E-state index in [9.17, 15) is 14.4 Å². The van der Waals surface area contributed by atoms with Gasteiger partial charge in [-0.05, 0) is 18.6 Å². The Bertz CT molecular complexity index is 772. The first-order chi connectivity index (χ1) is 9.47. The summed E-state index contributed by atoms with van der Waals surface area (Å²) >= 11 is 0. The summed E-state index contributed by atoms with van der Waals surface area (Å²) < 4.78 is 0.978. The van der Waals surface area contributed by atoms with E-state index in [0.29, 0.717) is 12.0 Å². The average molecular weight is 273 g/mol. The van der Waals surface area contributed by atoms with Crippen molar-refractivity contribution in [2.45, 2.75) is 6.92 Å². The predicted octanol–water partition coefficient (Wildman–Crippen LogP) is 0.713. The number of aryl methyl sites for hydroxylation is 1. The largest absolute Gasteiger partial charge is 0.363 e. The molecule has 0 radical (unpaired) electrons. The zero-order valence-corrected chi connectivity index (χ0v) is 11.5. The highest BCUT2D eigenvalue weighted by atomic mass is 16.2. The minimum Gasteiger partial charge on any atom is -0.363 e. The lowest BCUT2D eigenvalue weighted by molar-refractivity contribution is 0.112. The quantitative estimate of drug-likeness (QED) is 0.836. The second-order valence-electron chi connectivity index (χ2n) is 4.63. The molecule has 0 bridgehead atoms. The van der Waals surface area contributed by atoms with Crippen LogP contribution in [0.5, 0.6) is 0 Å². The third-order valence-corrected chi connectivity index (χ3v) is 3.04. The number of H-pyrrole nitrogens is 1. The SMILES string of the molecule is Cc1ccccc1-n1c(=O)[nH]c(N(C)C)c(C=O)c1=O. The molecule has 2 aromatic rings. The molecule has 1 N–H and O–H groups in total. The van der Waals surface area contributed by atoms with Gasteiger partial charge in [-0.2, -0.15) is 0 Å². The molecule has 0 amide bonds. The number of hydrogen-bond donors (Lipinski definition) is 1. The van der Waals surface area contributed by atoms with E-state index in [4.69, 9.17) is 0 Å². The molecule has 1 aromatic carbocycles. The minimum atomic E-state index is -0.623. The predicted molar refractivity (Wildman–Crippen MR) is 77.1 cm³/mol. The Morgan fingerprint density at radius 3 is 2.40 bits per heavy atom. The van der Waals surface area contributed by atoms with Crippen LogP contribution in [0.2, 0.25) is 0 Å². The monoisotopic (exact) mass is 273 g/mol. The third kappa shape index (κ3) is 2.16. The van der Waals surface area contributed by atoms with Gasteiger partial charge in [0.2, 0.25) is 0 Å². The number of carbonyl (C=O) groups is 1. The first-order valence-electron chi connectivity index (χ1n) is 6.05. The fraction of sp³-hybridized carbons (Fsp3) is 0.214. The molecule has 1 heterocycles. The Labute approximate surface area is 115 Å². The van der Waals surface area contributed by atoms with Gasteiger partial charge in [0.25, 0.3) is 5.56 Å². The number of carbonyl (C=O) groups excluding carboxylic acids is 1. The van der Waals surface area contributed by atoms with Crippen LogP contribution in [0.3, 0.4) is 0 Å². The van der Waals surface area contributed by atoms with Crippen molar-refractivity contribution in [3.63, 3.8) is 0 Å². The molecule has 2 rings (SSSR count). The van der Waals surface area contributed by atoms with Gasteiger partial charge in [-0.25, -0.2) is 9.36 Å². The van der Waals surface area contributed by atoms with Crippen molar-refractivity contribution in [1.82, 2.24) is 9.55 Å². The molecule has 0 saturated heterocycles. The van der Waals surface area contributed by atoms with Crippen molar-refractivity contribution in [3.8, 4) is 5.69 Å². The van der Waals surface area contributed by atoms with E-state index in [1.165, 1.54) is 4.90 Å². The fourth-order valence-electron chi connectivity index (χ4n) is 2.03. The number of para-hydroxylation sites is 1. The molecular weight excluding hydrogens is 258 g/mol. The number of benzene rings is 1. The van der Waals surface area contributed by atoms with Crippen LogP contribution in [-0.4, -0.2) is 29.9 Å². The summed E-state index contributed by atoms with van der Waals surface area (Å²) in [7, 11) is 3.30. The Balaban J connectivity index is 2.87. The van der Waals surface area contributed by atoms with E-state index in [0.717, 1.165) is 10.1 Å². The highest BCUT2D eigenvalue weighted by Gasteiger charge is 2.16. The van der Waals surface area contributed by atoms with Gasteiger partial charge in [0.1, 0.15) is 11.4 Å². The Kier molecular flexibility index (Phi) is 3.56. The van der Waals surface area contributed by atoms with Crippen molar-refractivity contribution in [2.24, 2.45) is 0 Å². The van der Waals surface area contributed by atoms with Gasteiger partial charge >= 0.3 is 5.69 Å². The van der Waals surface area contributed by atoms with Crippen molar-refractivity contribution in [2.75, 3.05) is 19.0 Å². The average Bonchev–Trinajstić information content (AvgIpc) is 2.40. The summed E-state index contributed by atoms with van der Waals surface area (Å²) in [5, 5.41) is 0. The lowest BCUT2D eigenvalue weighted by Crippen LogP contribution is -2.38. The second-order valence-corrected chi connectivity index (χ2v) is 4.63.